The number of carbonyl (C=O) groups excluding carboxylic acids is 1. The molecule has 0 radical (unpaired) electrons. The molecule has 1 N–H and O–H groups in total. The summed E-state index contributed by atoms with van der Waals surface area (Å²) in [6.07, 6.45) is 4.36. The fraction of sp³-hybridized carbons (Fsp3) is 0.450. The molecule has 5 heteroatoms. The molecule has 2 fully saturated rings. The van der Waals surface area contributed by atoms with Gasteiger partial charge in [0.2, 0.25) is 0 Å². The van der Waals surface area contributed by atoms with E-state index in [1.54, 1.807) is 11.3 Å². The molecule has 4 nitrogen and oxygen atoms in total. The lowest BCUT2D eigenvalue weighted by atomic mass is 10.0. The highest BCUT2D eigenvalue weighted by Gasteiger charge is 2.24. The van der Waals surface area contributed by atoms with Crippen LogP contribution in [0.5, 0.6) is 0 Å². The largest absolute Gasteiger partial charge is 0.373 e. The van der Waals surface area contributed by atoms with Crippen LogP contribution in [0.15, 0.2) is 42.5 Å². The minimum Gasteiger partial charge on any atom is -0.373 e. The number of ether oxygens (including phenoxy) is 1. The van der Waals surface area contributed by atoms with E-state index in [9.17, 15) is 4.79 Å². The van der Waals surface area contributed by atoms with Crippen LogP contribution in [0.3, 0.4) is 0 Å². The van der Waals surface area contributed by atoms with Gasteiger partial charge in [0.05, 0.1) is 11.0 Å². The molecule has 3 heterocycles. The van der Waals surface area contributed by atoms with Crippen molar-refractivity contribution in [1.82, 2.24) is 5.32 Å². The third kappa shape index (κ3) is 3.88. The fourth-order valence-electron chi connectivity index (χ4n) is 3.63. The van der Waals surface area contributed by atoms with E-state index in [-0.39, 0.29) is 18.1 Å². The molecule has 25 heavy (non-hydrogen) atoms. The molecule has 1 amide bonds. The normalized spacial score (nSPS) is 21.4. The number of hydrogen-bond donors (Lipinski definition) is 1. The minimum atomic E-state index is 0.0624. The van der Waals surface area contributed by atoms with Crippen molar-refractivity contribution >= 4 is 22.9 Å². The zero-order valence-corrected chi connectivity index (χ0v) is 15.1. The summed E-state index contributed by atoms with van der Waals surface area (Å²) in [5, 5.41) is 3.22. The van der Waals surface area contributed by atoms with E-state index in [0.717, 1.165) is 50.3 Å². The topological polar surface area (TPSA) is 41.6 Å². The molecule has 132 valence electrons. The second kappa shape index (κ2) is 7.58. The van der Waals surface area contributed by atoms with Crippen molar-refractivity contribution in [1.29, 1.82) is 0 Å². The summed E-state index contributed by atoms with van der Waals surface area (Å²) in [6.45, 7) is 2.81. The Labute approximate surface area is 152 Å². The lowest BCUT2D eigenvalue weighted by Gasteiger charge is -2.33. The van der Waals surface area contributed by atoms with E-state index in [0.29, 0.717) is 0 Å². The van der Waals surface area contributed by atoms with Crippen LogP contribution in [0.4, 0.5) is 5.69 Å². The molecule has 1 atom stereocenters. The van der Waals surface area contributed by atoms with Gasteiger partial charge in [-0.05, 0) is 49.9 Å². The first-order valence-electron chi connectivity index (χ1n) is 9.12. The molecular formula is C20H24N2O2S. The number of para-hydroxylation sites is 1. The Hall–Kier alpha value is -1.85. The van der Waals surface area contributed by atoms with Gasteiger partial charge in [0.15, 0.2) is 0 Å². The maximum absolute atomic E-state index is 12.5. The molecule has 1 aromatic carbocycles. The third-order valence-electron chi connectivity index (χ3n) is 5.05. The van der Waals surface area contributed by atoms with Crippen molar-refractivity contribution in [2.24, 2.45) is 0 Å². The van der Waals surface area contributed by atoms with E-state index < -0.39 is 0 Å². The number of benzene rings is 1. The second-order valence-electron chi connectivity index (χ2n) is 6.77. The van der Waals surface area contributed by atoms with E-state index in [2.05, 4.69) is 34.5 Å². The van der Waals surface area contributed by atoms with Crippen molar-refractivity contribution in [2.45, 2.75) is 37.8 Å². The van der Waals surface area contributed by atoms with Gasteiger partial charge in [0, 0.05) is 36.3 Å². The van der Waals surface area contributed by atoms with Gasteiger partial charge in [-0.2, -0.15) is 0 Å². The van der Waals surface area contributed by atoms with Crippen molar-refractivity contribution in [3.63, 3.8) is 0 Å². The van der Waals surface area contributed by atoms with Gasteiger partial charge in [0.25, 0.3) is 5.91 Å². The Bertz CT molecular complexity index is 701. The number of nitrogens with zero attached hydrogens (tertiary/aromatic N) is 1. The molecular weight excluding hydrogens is 332 g/mol. The molecule has 0 spiro atoms. The molecule has 0 saturated carbocycles. The number of thiophene rings is 1. The summed E-state index contributed by atoms with van der Waals surface area (Å²) in [4.78, 5) is 16.9. The fourth-order valence-corrected chi connectivity index (χ4v) is 4.62. The van der Waals surface area contributed by atoms with Crippen molar-refractivity contribution in [3.05, 3.63) is 52.2 Å². The molecule has 1 aromatic heterocycles. The van der Waals surface area contributed by atoms with Crippen molar-refractivity contribution in [3.8, 4) is 0 Å². The van der Waals surface area contributed by atoms with Crippen LogP contribution in [0.2, 0.25) is 0 Å². The van der Waals surface area contributed by atoms with Crippen molar-refractivity contribution < 1.29 is 9.53 Å². The standard InChI is InChI=1S/C20H24N2O2S/c23-20(19-9-8-18(25-19)17-7-4-14-24-17)21-15-10-12-22(13-11-15)16-5-2-1-3-6-16/h1-3,5-6,8-9,15,17H,4,7,10-14H2,(H,21,23)/t17-/m1/s1. The van der Waals surface area contributed by atoms with Crippen LogP contribution in [0.1, 0.15) is 46.3 Å². The molecule has 2 aliphatic rings. The zero-order chi connectivity index (χ0) is 17.1. The number of carbonyl (C=O) groups is 1. The van der Waals surface area contributed by atoms with Gasteiger partial charge in [-0.3, -0.25) is 4.79 Å². The van der Waals surface area contributed by atoms with E-state index >= 15 is 0 Å². The van der Waals surface area contributed by atoms with E-state index in [4.69, 9.17) is 4.74 Å². The van der Waals surface area contributed by atoms with Gasteiger partial charge < -0.3 is 15.0 Å². The van der Waals surface area contributed by atoms with Crippen LogP contribution in [0.25, 0.3) is 0 Å². The van der Waals surface area contributed by atoms with E-state index in [1.807, 2.05) is 18.2 Å². The summed E-state index contributed by atoms with van der Waals surface area (Å²) in [5.74, 6) is 0.0624. The average molecular weight is 356 g/mol. The third-order valence-corrected chi connectivity index (χ3v) is 6.23. The molecule has 0 bridgehead atoms. The Balaban J connectivity index is 1.30. The lowest BCUT2D eigenvalue weighted by Crippen LogP contribution is -2.44. The zero-order valence-electron chi connectivity index (χ0n) is 14.3. The number of piperidine rings is 1. The van der Waals surface area contributed by atoms with Crippen molar-refractivity contribution in [2.75, 3.05) is 24.6 Å². The van der Waals surface area contributed by atoms with E-state index in [1.165, 1.54) is 10.6 Å². The first kappa shape index (κ1) is 16.6. The monoisotopic (exact) mass is 356 g/mol. The Morgan fingerprint density at radius 1 is 1.08 bits per heavy atom. The number of rotatable bonds is 4. The molecule has 2 aromatic rings. The lowest BCUT2D eigenvalue weighted by molar-refractivity contribution is 0.0935. The molecule has 2 saturated heterocycles. The summed E-state index contributed by atoms with van der Waals surface area (Å²) in [6, 6.07) is 14.7. The minimum absolute atomic E-state index is 0.0624. The van der Waals surface area contributed by atoms with Crippen LogP contribution in [0, 0.1) is 0 Å². The first-order valence-corrected chi connectivity index (χ1v) is 9.93. The van der Waals surface area contributed by atoms with Crippen LogP contribution in [-0.2, 0) is 4.74 Å². The Morgan fingerprint density at radius 2 is 1.88 bits per heavy atom. The quantitative estimate of drug-likeness (QED) is 0.900. The van der Waals surface area contributed by atoms with Gasteiger partial charge in [-0.25, -0.2) is 0 Å². The number of amides is 1. The number of nitrogens with one attached hydrogen (secondary N) is 1. The molecule has 0 unspecified atom stereocenters. The van der Waals surface area contributed by atoms with Gasteiger partial charge >= 0.3 is 0 Å². The predicted molar refractivity (Wildman–Crippen MR) is 101 cm³/mol. The summed E-state index contributed by atoms with van der Waals surface area (Å²) in [5.41, 5.74) is 1.27. The van der Waals surface area contributed by atoms with Gasteiger partial charge in [0.1, 0.15) is 0 Å². The van der Waals surface area contributed by atoms with Crippen LogP contribution in [-0.4, -0.2) is 31.6 Å². The Morgan fingerprint density at radius 3 is 2.60 bits per heavy atom. The Kier molecular flexibility index (Phi) is 5.04. The van der Waals surface area contributed by atoms with Gasteiger partial charge in [-0.15, -0.1) is 11.3 Å². The first-order chi connectivity index (χ1) is 12.3. The maximum Gasteiger partial charge on any atom is 0.261 e. The highest BCUT2D eigenvalue weighted by atomic mass is 32.1. The van der Waals surface area contributed by atoms with Crippen LogP contribution < -0.4 is 10.2 Å². The van der Waals surface area contributed by atoms with Crippen LogP contribution >= 0.6 is 11.3 Å². The highest BCUT2D eigenvalue weighted by Crippen LogP contribution is 2.33. The summed E-state index contributed by atoms with van der Waals surface area (Å²) >= 11 is 1.58. The number of hydrogen-bond acceptors (Lipinski definition) is 4. The maximum atomic E-state index is 12.5. The second-order valence-corrected chi connectivity index (χ2v) is 7.89. The predicted octanol–water partition coefficient (Wildman–Crippen LogP) is 4.00. The van der Waals surface area contributed by atoms with Gasteiger partial charge in [-0.1, -0.05) is 18.2 Å². The average Bonchev–Trinajstić information content (AvgIpc) is 3.35. The number of anilines is 1. The SMILES string of the molecule is O=C(NC1CCN(c2ccccc2)CC1)c1ccc([C@H]2CCCO2)s1. The smallest absolute Gasteiger partial charge is 0.261 e. The summed E-state index contributed by atoms with van der Waals surface area (Å²) < 4.78 is 5.71. The molecule has 2 aliphatic heterocycles. The molecule has 4 rings (SSSR count). The highest BCUT2D eigenvalue weighted by molar-refractivity contribution is 7.14. The summed E-state index contributed by atoms with van der Waals surface area (Å²) in [7, 11) is 0. The molecule has 0 aliphatic carbocycles.